The molecule has 6 heteroatoms. The number of hydrogen-bond acceptors (Lipinski definition) is 5. The lowest BCUT2D eigenvalue weighted by molar-refractivity contribution is -0.118. The van der Waals surface area contributed by atoms with E-state index >= 15 is 0 Å². The Morgan fingerprint density at radius 3 is 2.37 bits per heavy atom. The molecule has 0 unspecified atom stereocenters. The standard InChI is InChI=1S/C24H25NO4S/c1-4-28-24(27)22-20(18-12-10-17(11-13-18)16(2)3)15-30-23(22)25-21(26)14-29-19-8-6-5-7-9-19/h5-13,15-16H,4,14H2,1-3H3,(H,25,26). The Morgan fingerprint density at radius 2 is 1.73 bits per heavy atom. The first kappa shape index (κ1) is 21.6. The highest BCUT2D eigenvalue weighted by atomic mass is 32.1. The van der Waals surface area contributed by atoms with Crippen LogP contribution in [0.3, 0.4) is 0 Å². The van der Waals surface area contributed by atoms with E-state index in [1.165, 1.54) is 16.9 Å². The minimum atomic E-state index is -0.457. The minimum Gasteiger partial charge on any atom is -0.484 e. The van der Waals surface area contributed by atoms with Gasteiger partial charge in [0.15, 0.2) is 6.61 Å². The molecule has 0 bridgehead atoms. The van der Waals surface area contributed by atoms with Crippen LogP contribution in [0.1, 0.15) is 42.6 Å². The number of benzene rings is 2. The lowest BCUT2D eigenvalue weighted by atomic mass is 9.98. The molecule has 0 radical (unpaired) electrons. The molecule has 3 rings (SSSR count). The number of para-hydroxylation sites is 1. The number of hydrogen-bond donors (Lipinski definition) is 1. The third kappa shape index (κ3) is 5.27. The Hall–Kier alpha value is -3.12. The van der Waals surface area contributed by atoms with Crippen molar-refractivity contribution in [1.29, 1.82) is 0 Å². The first-order valence-electron chi connectivity index (χ1n) is 9.86. The van der Waals surface area contributed by atoms with Gasteiger partial charge in [-0.1, -0.05) is 56.3 Å². The quantitative estimate of drug-likeness (QED) is 0.470. The molecule has 1 amide bonds. The van der Waals surface area contributed by atoms with Gasteiger partial charge >= 0.3 is 5.97 Å². The second-order valence-electron chi connectivity index (χ2n) is 7.00. The lowest BCUT2D eigenvalue weighted by Crippen LogP contribution is -2.21. The Kier molecular flexibility index (Phi) is 7.25. The molecule has 1 heterocycles. The lowest BCUT2D eigenvalue weighted by Gasteiger charge is -2.10. The number of ether oxygens (including phenoxy) is 2. The molecule has 0 aliphatic carbocycles. The van der Waals surface area contributed by atoms with E-state index in [-0.39, 0.29) is 19.1 Å². The van der Waals surface area contributed by atoms with Crippen LogP contribution in [-0.4, -0.2) is 25.1 Å². The van der Waals surface area contributed by atoms with Crippen molar-refractivity contribution in [2.45, 2.75) is 26.7 Å². The predicted molar refractivity (Wildman–Crippen MR) is 120 cm³/mol. The summed E-state index contributed by atoms with van der Waals surface area (Å²) in [4.78, 5) is 25.1. The average Bonchev–Trinajstić information content (AvgIpc) is 3.16. The fourth-order valence-electron chi connectivity index (χ4n) is 2.94. The summed E-state index contributed by atoms with van der Waals surface area (Å²) >= 11 is 1.30. The van der Waals surface area contributed by atoms with Gasteiger partial charge in [-0.15, -0.1) is 11.3 Å². The van der Waals surface area contributed by atoms with Crippen LogP contribution in [0.25, 0.3) is 11.1 Å². The Labute approximate surface area is 180 Å². The first-order valence-corrected chi connectivity index (χ1v) is 10.7. The summed E-state index contributed by atoms with van der Waals surface area (Å²) < 4.78 is 10.7. The van der Waals surface area contributed by atoms with Crippen molar-refractivity contribution in [3.63, 3.8) is 0 Å². The summed E-state index contributed by atoms with van der Waals surface area (Å²) in [6.45, 7) is 6.13. The third-order valence-electron chi connectivity index (χ3n) is 4.53. The van der Waals surface area contributed by atoms with E-state index in [0.29, 0.717) is 22.2 Å². The van der Waals surface area contributed by atoms with E-state index in [4.69, 9.17) is 9.47 Å². The van der Waals surface area contributed by atoms with Crippen LogP contribution in [0, 0.1) is 0 Å². The molecule has 0 spiro atoms. The average molecular weight is 424 g/mol. The summed E-state index contributed by atoms with van der Waals surface area (Å²) in [7, 11) is 0. The fourth-order valence-corrected chi connectivity index (χ4v) is 3.92. The summed E-state index contributed by atoms with van der Waals surface area (Å²) in [5, 5.41) is 5.12. The van der Waals surface area contributed by atoms with Gasteiger partial charge in [-0.25, -0.2) is 4.79 Å². The Balaban J connectivity index is 1.81. The highest BCUT2D eigenvalue weighted by molar-refractivity contribution is 7.15. The van der Waals surface area contributed by atoms with Crippen molar-refractivity contribution in [3.05, 3.63) is 71.1 Å². The number of nitrogens with one attached hydrogen (secondary N) is 1. The van der Waals surface area contributed by atoms with Gasteiger partial charge in [-0.2, -0.15) is 0 Å². The van der Waals surface area contributed by atoms with Crippen LogP contribution in [0.5, 0.6) is 5.75 Å². The molecule has 2 aromatic carbocycles. The Bertz CT molecular complexity index is 994. The van der Waals surface area contributed by atoms with Gasteiger partial charge < -0.3 is 14.8 Å². The SMILES string of the molecule is CCOC(=O)c1c(-c2ccc(C(C)C)cc2)csc1NC(=O)COc1ccccc1. The molecule has 0 atom stereocenters. The van der Waals surface area contributed by atoms with Gasteiger partial charge in [0.2, 0.25) is 0 Å². The van der Waals surface area contributed by atoms with Gasteiger partial charge in [-0.3, -0.25) is 4.79 Å². The van der Waals surface area contributed by atoms with E-state index in [1.54, 1.807) is 19.1 Å². The second-order valence-corrected chi connectivity index (χ2v) is 7.88. The zero-order valence-corrected chi connectivity index (χ0v) is 18.1. The fraction of sp³-hybridized carbons (Fsp3) is 0.250. The van der Waals surface area contributed by atoms with Crippen molar-refractivity contribution in [2.75, 3.05) is 18.5 Å². The van der Waals surface area contributed by atoms with Crippen molar-refractivity contribution in [1.82, 2.24) is 0 Å². The number of amides is 1. The summed E-state index contributed by atoms with van der Waals surface area (Å²) in [6.07, 6.45) is 0. The normalized spacial score (nSPS) is 10.7. The highest BCUT2D eigenvalue weighted by Crippen LogP contribution is 2.36. The van der Waals surface area contributed by atoms with Crippen molar-refractivity contribution in [3.8, 4) is 16.9 Å². The molecule has 0 fully saturated rings. The molecule has 156 valence electrons. The number of anilines is 1. The number of esters is 1. The van der Waals surface area contributed by atoms with Crippen LogP contribution >= 0.6 is 11.3 Å². The number of carbonyl (C=O) groups excluding carboxylic acids is 2. The number of carbonyl (C=O) groups is 2. The van der Waals surface area contributed by atoms with Gasteiger partial charge in [-0.05, 0) is 36.1 Å². The van der Waals surface area contributed by atoms with E-state index in [1.807, 2.05) is 35.7 Å². The van der Waals surface area contributed by atoms with Crippen LogP contribution < -0.4 is 10.1 Å². The smallest absolute Gasteiger partial charge is 0.341 e. The van der Waals surface area contributed by atoms with Crippen LogP contribution in [-0.2, 0) is 9.53 Å². The first-order chi connectivity index (χ1) is 14.5. The second kappa shape index (κ2) is 10.1. The molecule has 0 aliphatic rings. The van der Waals surface area contributed by atoms with Crippen LogP contribution in [0.15, 0.2) is 60.0 Å². The monoisotopic (exact) mass is 423 g/mol. The van der Waals surface area contributed by atoms with Crippen molar-refractivity contribution in [2.24, 2.45) is 0 Å². The molecule has 1 N–H and O–H groups in total. The molecule has 0 aliphatic heterocycles. The molecule has 1 aromatic heterocycles. The van der Waals surface area contributed by atoms with Gasteiger partial charge in [0.25, 0.3) is 5.91 Å². The largest absolute Gasteiger partial charge is 0.484 e. The third-order valence-corrected chi connectivity index (χ3v) is 5.42. The Morgan fingerprint density at radius 1 is 1.03 bits per heavy atom. The number of thiophene rings is 1. The topological polar surface area (TPSA) is 64.6 Å². The maximum absolute atomic E-state index is 12.7. The van der Waals surface area contributed by atoms with E-state index in [0.717, 1.165) is 11.1 Å². The molecular formula is C24H25NO4S. The van der Waals surface area contributed by atoms with Gasteiger partial charge in [0.1, 0.15) is 16.3 Å². The zero-order valence-electron chi connectivity index (χ0n) is 17.3. The predicted octanol–water partition coefficient (Wildman–Crippen LogP) is 5.73. The molecule has 30 heavy (non-hydrogen) atoms. The van der Waals surface area contributed by atoms with E-state index in [9.17, 15) is 9.59 Å². The minimum absolute atomic E-state index is 0.150. The summed E-state index contributed by atoms with van der Waals surface area (Å²) in [5.41, 5.74) is 3.23. The maximum atomic E-state index is 12.7. The van der Waals surface area contributed by atoms with Gasteiger partial charge in [0.05, 0.1) is 6.61 Å². The summed E-state index contributed by atoms with van der Waals surface area (Å²) in [6, 6.07) is 17.2. The van der Waals surface area contributed by atoms with Crippen molar-refractivity contribution >= 4 is 28.2 Å². The number of rotatable bonds is 8. The van der Waals surface area contributed by atoms with Crippen molar-refractivity contribution < 1.29 is 19.1 Å². The van der Waals surface area contributed by atoms with E-state index in [2.05, 4.69) is 31.3 Å². The molecule has 0 saturated carbocycles. The molecular weight excluding hydrogens is 398 g/mol. The maximum Gasteiger partial charge on any atom is 0.341 e. The van der Waals surface area contributed by atoms with Crippen LogP contribution in [0.4, 0.5) is 5.00 Å². The summed E-state index contributed by atoms with van der Waals surface area (Å²) in [5.74, 6) is 0.231. The molecule has 3 aromatic rings. The van der Waals surface area contributed by atoms with Crippen LogP contribution in [0.2, 0.25) is 0 Å². The van der Waals surface area contributed by atoms with Gasteiger partial charge in [0, 0.05) is 10.9 Å². The molecule has 5 nitrogen and oxygen atoms in total. The molecule has 0 saturated heterocycles. The highest BCUT2D eigenvalue weighted by Gasteiger charge is 2.23. The van der Waals surface area contributed by atoms with E-state index < -0.39 is 5.97 Å². The zero-order chi connectivity index (χ0) is 21.5.